The third kappa shape index (κ3) is 2.43. The van der Waals surface area contributed by atoms with Crippen LogP contribution >= 0.6 is 0 Å². The lowest BCUT2D eigenvalue weighted by Gasteiger charge is -2.42. The molecule has 1 aliphatic rings. The van der Waals surface area contributed by atoms with E-state index in [9.17, 15) is 8.42 Å². The zero-order chi connectivity index (χ0) is 22.1. The molecule has 0 amide bonds. The topological polar surface area (TPSA) is 34.1 Å². The van der Waals surface area contributed by atoms with Crippen molar-refractivity contribution in [2.75, 3.05) is 0 Å². The van der Waals surface area contributed by atoms with Crippen LogP contribution in [0.3, 0.4) is 0 Å². The first-order valence-corrected chi connectivity index (χ1v) is 12.3. The minimum atomic E-state index is -3.47. The Bertz CT molecular complexity index is 1630. The Kier molecular flexibility index (Phi) is 3.94. The van der Waals surface area contributed by atoms with E-state index in [4.69, 9.17) is 0 Å². The molecule has 0 saturated heterocycles. The smallest absolute Gasteiger partial charge is 0.188 e. The van der Waals surface area contributed by atoms with Gasteiger partial charge >= 0.3 is 0 Å². The summed E-state index contributed by atoms with van der Waals surface area (Å²) in [4.78, 5) is 0.482. The molecule has 0 aromatic heterocycles. The minimum Gasteiger partial charge on any atom is -0.223 e. The fourth-order valence-electron chi connectivity index (χ4n) is 5.13. The second kappa shape index (κ2) is 6.54. The van der Waals surface area contributed by atoms with Gasteiger partial charge in [0.05, 0.1) is 9.64 Å². The molecule has 1 aliphatic heterocycles. The Morgan fingerprint density at radius 2 is 1.03 bits per heavy atom. The number of benzene rings is 5. The lowest BCUT2D eigenvalue weighted by Crippen LogP contribution is -2.42. The van der Waals surface area contributed by atoms with Gasteiger partial charge in [-0.2, -0.15) is 0 Å². The lowest BCUT2D eigenvalue weighted by molar-refractivity contribution is 0.528. The second-order valence-corrected chi connectivity index (χ2v) is 11.4. The Balaban J connectivity index is 1.91. The monoisotopic (exact) mass is 434 g/mol. The Hall–Kier alpha value is -3.43. The molecule has 0 fully saturated rings. The summed E-state index contributed by atoms with van der Waals surface area (Å²) in [6, 6.07) is 32.7. The first kappa shape index (κ1) is 19.3. The van der Waals surface area contributed by atoms with Crippen molar-refractivity contribution in [1.82, 2.24) is 0 Å². The number of hydrogen-bond donors (Lipinski definition) is 0. The molecule has 5 aromatic rings. The molecule has 0 saturated carbocycles. The molecule has 0 bridgehead atoms. The molecule has 0 unspecified atom stereocenters. The minimum absolute atomic E-state index is 0.482. The van der Waals surface area contributed by atoms with E-state index in [1.54, 1.807) is 0 Å². The average Bonchev–Trinajstić information content (AvgIpc) is 2.82. The van der Waals surface area contributed by atoms with Crippen LogP contribution in [0.15, 0.2) is 102 Å². The molecule has 0 aliphatic carbocycles. The van der Waals surface area contributed by atoms with Crippen molar-refractivity contribution < 1.29 is 8.42 Å². The highest BCUT2D eigenvalue weighted by Crippen LogP contribution is 2.59. The Morgan fingerprint density at radius 1 is 0.594 bits per heavy atom. The van der Waals surface area contributed by atoms with E-state index in [0.29, 0.717) is 4.90 Å². The van der Waals surface area contributed by atoms with Crippen molar-refractivity contribution in [3.05, 3.63) is 103 Å². The quantitative estimate of drug-likeness (QED) is 0.272. The van der Waals surface area contributed by atoms with E-state index in [2.05, 4.69) is 36.4 Å². The first-order valence-electron chi connectivity index (χ1n) is 10.8. The summed E-state index contributed by atoms with van der Waals surface area (Å²) in [5.74, 6) is 0. The highest BCUT2D eigenvalue weighted by molar-refractivity contribution is 7.94. The maximum absolute atomic E-state index is 13.6. The van der Waals surface area contributed by atoms with Crippen molar-refractivity contribution in [2.24, 2.45) is 0 Å². The van der Waals surface area contributed by atoms with Gasteiger partial charge in [0, 0.05) is 11.1 Å². The molecule has 2 nitrogen and oxygen atoms in total. The van der Waals surface area contributed by atoms with E-state index >= 15 is 0 Å². The second-order valence-electron chi connectivity index (χ2n) is 8.94. The van der Waals surface area contributed by atoms with E-state index < -0.39 is 14.6 Å². The van der Waals surface area contributed by atoms with Crippen molar-refractivity contribution in [3.63, 3.8) is 0 Å². The zero-order valence-corrected chi connectivity index (χ0v) is 18.8. The van der Waals surface area contributed by atoms with Crippen LogP contribution in [-0.4, -0.2) is 8.42 Å². The molecular weight excluding hydrogens is 412 g/mol. The van der Waals surface area contributed by atoms with Gasteiger partial charge in [0.2, 0.25) is 0 Å². The highest BCUT2D eigenvalue weighted by Gasteiger charge is 2.54. The standard InChI is InChI=1S/C29H22O2S/c1-29(2)27-25(19-11-5-3-6-12-19)23-17-21-15-9-10-16-22(21)18-24(23)26(28(27)32(29,30)31)20-13-7-4-8-14-20/h3-18H,1-2H3. The molecule has 0 atom stereocenters. The van der Waals surface area contributed by atoms with E-state index in [0.717, 1.165) is 49.4 Å². The fraction of sp³-hybridized carbons (Fsp3) is 0.103. The molecule has 6 rings (SSSR count). The Labute approximate surface area is 188 Å². The van der Waals surface area contributed by atoms with Crippen molar-refractivity contribution in [3.8, 4) is 22.3 Å². The molecule has 3 heteroatoms. The fourth-order valence-corrected chi connectivity index (χ4v) is 7.08. The van der Waals surface area contributed by atoms with Crippen LogP contribution in [0.5, 0.6) is 0 Å². The summed E-state index contributed by atoms with van der Waals surface area (Å²) in [6.45, 7) is 3.66. The van der Waals surface area contributed by atoms with Gasteiger partial charge in [-0.05, 0) is 64.2 Å². The third-order valence-electron chi connectivity index (χ3n) is 6.80. The number of rotatable bonds is 2. The lowest BCUT2D eigenvalue weighted by atomic mass is 9.82. The molecule has 156 valence electrons. The third-order valence-corrected chi connectivity index (χ3v) is 9.29. The summed E-state index contributed by atoms with van der Waals surface area (Å²) in [6.07, 6.45) is 0. The van der Waals surface area contributed by atoms with Crippen molar-refractivity contribution in [2.45, 2.75) is 23.5 Å². The van der Waals surface area contributed by atoms with Gasteiger partial charge in [-0.15, -0.1) is 0 Å². The van der Waals surface area contributed by atoms with E-state index in [1.807, 2.05) is 74.5 Å². The predicted molar refractivity (Wildman–Crippen MR) is 133 cm³/mol. The first-order chi connectivity index (χ1) is 15.4. The SMILES string of the molecule is CC1(C)c2c(c(-c3ccccc3)c3cc4ccccc4cc3c2-c2ccccc2)S1(=O)=O. The summed E-state index contributed by atoms with van der Waals surface area (Å²) in [5.41, 5.74) is 4.75. The molecule has 1 heterocycles. The predicted octanol–water partition coefficient (Wildman–Crippen LogP) is 7.35. The largest absolute Gasteiger partial charge is 0.223 e. The van der Waals surface area contributed by atoms with Crippen molar-refractivity contribution >= 4 is 31.4 Å². The van der Waals surface area contributed by atoms with Gasteiger partial charge in [-0.25, -0.2) is 8.42 Å². The Morgan fingerprint density at radius 3 is 1.56 bits per heavy atom. The zero-order valence-electron chi connectivity index (χ0n) is 18.0. The van der Waals surface area contributed by atoms with Gasteiger partial charge < -0.3 is 0 Å². The average molecular weight is 435 g/mol. The van der Waals surface area contributed by atoms with Crippen LogP contribution in [0.25, 0.3) is 43.8 Å². The summed E-state index contributed by atoms with van der Waals surface area (Å²) < 4.78 is 26.3. The number of sulfone groups is 1. The molecule has 0 N–H and O–H groups in total. The van der Waals surface area contributed by atoms with Gasteiger partial charge in [-0.1, -0.05) is 84.9 Å². The summed E-state index contributed by atoms with van der Waals surface area (Å²) in [5, 5.41) is 4.32. The summed E-state index contributed by atoms with van der Waals surface area (Å²) in [7, 11) is -3.47. The maximum atomic E-state index is 13.6. The van der Waals surface area contributed by atoms with Crippen LogP contribution in [0.1, 0.15) is 19.4 Å². The van der Waals surface area contributed by atoms with Crippen LogP contribution in [0.4, 0.5) is 0 Å². The van der Waals surface area contributed by atoms with Gasteiger partial charge in [0.1, 0.15) is 0 Å². The number of hydrogen-bond acceptors (Lipinski definition) is 2. The number of fused-ring (bicyclic) bond motifs is 3. The molecule has 5 aromatic carbocycles. The van der Waals surface area contributed by atoms with Crippen LogP contribution in [0.2, 0.25) is 0 Å². The molecule has 0 radical (unpaired) electrons. The van der Waals surface area contributed by atoms with Crippen LogP contribution in [0, 0.1) is 0 Å². The van der Waals surface area contributed by atoms with E-state index in [1.165, 1.54) is 0 Å². The van der Waals surface area contributed by atoms with Crippen LogP contribution in [-0.2, 0) is 14.6 Å². The summed E-state index contributed by atoms with van der Waals surface area (Å²) >= 11 is 0. The molecule has 0 spiro atoms. The highest BCUT2D eigenvalue weighted by atomic mass is 32.2. The van der Waals surface area contributed by atoms with Gasteiger partial charge in [0.15, 0.2) is 9.84 Å². The molecule has 32 heavy (non-hydrogen) atoms. The maximum Gasteiger partial charge on any atom is 0.188 e. The normalized spacial score (nSPS) is 15.9. The van der Waals surface area contributed by atoms with Crippen molar-refractivity contribution in [1.29, 1.82) is 0 Å². The van der Waals surface area contributed by atoms with Gasteiger partial charge in [-0.3, -0.25) is 0 Å². The van der Waals surface area contributed by atoms with Crippen LogP contribution < -0.4 is 0 Å². The van der Waals surface area contributed by atoms with Gasteiger partial charge in [0.25, 0.3) is 0 Å². The van der Waals surface area contributed by atoms with E-state index in [-0.39, 0.29) is 0 Å². The molecular formula is C29H22O2S.